The molecule has 0 fully saturated rings. The van der Waals surface area contributed by atoms with Gasteiger partial charge < -0.3 is 10.1 Å². The number of hydrogen-bond acceptors (Lipinski definition) is 3. The van der Waals surface area contributed by atoms with Crippen LogP contribution in [0.5, 0.6) is 0 Å². The van der Waals surface area contributed by atoms with Gasteiger partial charge in [-0.15, -0.1) is 0 Å². The Kier molecular flexibility index (Phi) is 3.70. The molecule has 0 aromatic heterocycles. The number of ketones is 1. The van der Waals surface area contributed by atoms with Crippen LogP contribution in [0.25, 0.3) is 0 Å². The van der Waals surface area contributed by atoms with Crippen LogP contribution in [-0.4, -0.2) is 19.0 Å². The van der Waals surface area contributed by atoms with Crippen LogP contribution >= 0.6 is 0 Å². The van der Waals surface area contributed by atoms with E-state index < -0.39 is 0 Å². The summed E-state index contributed by atoms with van der Waals surface area (Å²) in [5.74, 6) is 0.0724. The largest absolute Gasteiger partial charge is 0.373 e. The zero-order valence-corrected chi connectivity index (χ0v) is 9.58. The van der Waals surface area contributed by atoms with Crippen molar-refractivity contribution in [3.8, 4) is 0 Å². The number of benzene rings is 1. The van der Waals surface area contributed by atoms with Gasteiger partial charge in [-0.1, -0.05) is 19.1 Å². The second kappa shape index (κ2) is 5.23. The minimum Gasteiger partial charge on any atom is -0.373 e. The first-order valence-electron chi connectivity index (χ1n) is 5.74. The van der Waals surface area contributed by atoms with Crippen LogP contribution in [0.15, 0.2) is 18.2 Å². The van der Waals surface area contributed by atoms with E-state index in [-0.39, 0.29) is 12.4 Å². The Morgan fingerprint density at radius 1 is 1.38 bits per heavy atom. The molecule has 3 heteroatoms. The Labute approximate surface area is 95.8 Å². The number of carbonyl (C=O) groups is 1. The van der Waals surface area contributed by atoms with Crippen molar-refractivity contribution in [3.63, 3.8) is 0 Å². The van der Waals surface area contributed by atoms with E-state index in [2.05, 4.69) is 5.32 Å². The van der Waals surface area contributed by atoms with E-state index >= 15 is 0 Å². The maximum absolute atomic E-state index is 11.8. The first-order valence-corrected chi connectivity index (χ1v) is 5.74. The minimum atomic E-state index is 0.0724. The van der Waals surface area contributed by atoms with Crippen LogP contribution in [-0.2, 0) is 17.8 Å². The lowest BCUT2D eigenvalue weighted by molar-refractivity contribution is 0.0761. The standard InChI is InChI=1S/C13H17NO2/c1-2-5-16-9-13(15)10-3-4-11-7-14-8-12(11)6-10/h3-4,6,14H,2,5,7-9H2,1H3. The first kappa shape index (κ1) is 11.3. The van der Waals surface area contributed by atoms with Crippen molar-refractivity contribution in [1.29, 1.82) is 0 Å². The molecule has 1 heterocycles. The fraction of sp³-hybridized carbons (Fsp3) is 0.462. The van der Waals surface area contributed by atoms with Crippen molar-refractivity contribution < 1.29 is 9.53 Å². The van der Waals surface area contributed by atoms with E-state index in [4.69, 9.17) is 4.74 Å². The molecule has 1 aliphatic heterocycles. The maximum Gasteiger partial charge on any atom is 0.188 e. The molecule has 0 aliphatic carbocycles. The van der Waals surface area contributed by atoms with Gasteiger partial charge in [0.15, 0.2) is 5.78 Å². The van der Waals surface area contributed by atoms with E-state index in [1.54, 1.807) is 0 Å². The molecule has 86 valence electrons. The second-order valence-corrected chi connectivity index (χ2v) is 4.06. The highest BCUT2D eigenvalue weighted by atomic mass is 16.5. The van der Waals surface area contributed by atoms with Gasteiger partial charge in [-0.2, -0.15) is 0 Å². The average molecular weight is 219 g/mol. The Balaban J connectivity index is 2.01. The Morgan fingerprint density at radius 2 is 2.19 bits per heavy atom. The van der Waals surface area contributed by atoms with Crippen molar-refractivity contribution >= 4 is 5.78 Å². The van der Waals surface area contributed by atoms with Crippen LogP contribution < -0.4 is 5.32 Å². The summed E-state index contributed by atoms with van der Waals surface area (Å²) in [6, 6.07) is 5.90. The van der Waals surface area contributed by atoms with E-state index in [0.29, 0.717) is 6.61 Å². The SMILES string of the molecule is CCCOCC(=O)c1ccc2c(c1)CNC2. The molecule has 0 bridgehead atoms. The molecule has 0 saturated heterocycles. The second-order valence-electron chi connectivity index (χ2n) is 4.06. The van der Waals surface area contributed by atoms with Gasteiger partial charge in [-0.05, 0) is 23.6 Å². The van der Waals surface area contributed by atoms with Crippen molar-refractivity contribution in [3.05, 3.63) is 34.9 Å². The van der Waals surface area contributed by atoms with Gasteiger partial charge in [0.05, 0.1) is 0 Å². The highest BCUT2D eigenvalue weighted by molar-refractivity contribution is 5.97. The molecule has 16 heavy (non-hydrogen) atoms. The molecule has 0 radical (unpaired) electrons. The molecule has 0 spiro atoms. The molecule has 1 aromatic rings. The molecule has 1 N–H and O–H groups in total. The quantitative estimate of drug-likeness (QED) is 0.607. The monoisotopic (exact) mass is 219 g/mol. The number of ether oxygens (including phenoxy) is 1. The Bertz CT molecular complexity index is 388. The van der Waals surface area contributed by atoms with Crippen LogP contribution in [0.3, 0.4) is 0 Å². The van der Waals surface area contributed by atoms with Crippen LogP contribution in [0.4, 0.5) is 0 Å². The van der Waals surface area contributed by atoms with Crippen molar-refractivity contribution in [1.82, 2.24) is 5.32 Å². The summed E-state index contributed by atoms with van der Waals surface area (Å²) in [7, 11) is 0. The third-order valence-corrected chi connectivity index (χ3v) is 2.74. The first-order chi connectivity index (χ1) is 7.81. The molecular formula is C13H17NO2. The summed E-state index contributed by atoms with van der Waals surface area (Å²) >= 11 is 0. The van der Waals surface area contributed by atoms with Gasteiger partial charge >= 0.3 is 0 Å². The Hall–Kier alpha value is -1.19. The van der Waals surface area contributed by atoms with Crippen molar-refractivity contribution in [2.75, 3.05) is 13.2 Å². The Morgan fingerprint density at radius 3 is 3.00 bits per heavy atom. The number of carbonyl (C=O) groups excluding carboxylic acids is 1. The maximum atomic E-state index is 11.8. The van der Waals surface area contributed by atoms with Gasteiger partial charge in [0.1, 0.15) is 6.61 Å². The minimum absolute atomic E-state index is 0.0724. The summed E-state index contributed by atoms with van der Waals surface area (Å²) in [6.45, 7) is 4.66. The predicted molar refractivity (Wildman–Crippen MR) is 62.4 cm³/mol. The molecule has 2 rings (SSSR count). The van der Waals surface area contributed by atoms with Gasteiger partial charge in [-0.3, -0.25) is 4.79 Å². The smallest absolute Gasteiger partial charge is 0.188 e. The van der Waals surface area contributed by atoms with E-state index in [0.717, 1.165) is 25.1 Å². The molecule has 0 unspecified atom stereocenters. The average Bonchev–Trinajstić information content (AvgIpc) is 2.76. The molecule has 0 amide bonds. The summed E-state index contributed by atoms with van der Waals surface area (Å²) in [6.07, 6.45) is 0.946. The van der Waals surface area contributed by atoms with E-state index in [1.807, 2.05) is 25.1 Å². The topological polar surface area (TPSA) is 38.3 Å². The molecule has 3 nitrogen and oxygen atoms in total. The highest BCUT2D eigenvalue weighted by Gasteiger charge is 2.13. The molecule has 1 aliphatic rings. The van der Waals surface area contributed by atoms with E-state index in [1.165, 1.54) is 11.1 Å². The number of Topliss-reactive ketones (excluding diaryl/α,β-unsaturated/α-hetero) is 1. The lowest BCUT2D eigenvalue weighted by Gasteiger charge is -2.04. The number of hydrogen-bond donors (Lipinski definition) is 1. The fourth-order valence-electron chi connectivity index (χ4n) is 1.86. The van der Waals surface area contributed by atoms with Crippen LogP contribution in [0.2, 0.25) is 0 Å². The highest BCUT2D eigenvalue weighted by Crippen LogP contribution is 2.17. The predicted octanol–water partition coefficient (Wildman–Crippen LogP) is 1.90. The lowest BCUT2D eigenvalue weighted by Crippen LogP contribution is -2.10. The van der Waals surface area contributed by atoms with Gasteiger partial charge in [0, 0.05) is 25.3 Å². The number of fused-ring (bicyclic) bond motifs is 1. The van der Waals surface area contributed by atoms with Crippen molar-refractivity contribution in [2.24, 2.45) is 0 Å². The zero-order chi connectivity index (χ0) is 11.4. The molecule has 0 atom stereocenters. The van der Waals surface area contributed by atoms with Crippen LogP contribution in [0.1, 0.15) is 34.8 Å². The fourth-order valence-corrected chi connectivity index (χ4v) is 1.86. The third-order valence-electron chi connectivity index (χ3n) is 2.74. The molecule has 0 saturated carbocycles. The van der Waals surface area contributed by atoms with Crippen molar-refractivity contribution in [2.45, 2.75) is 26.4 Å². The number of nitrogens with one attached hydrogen (secondary N) is 1. The normalized spacial score (nSPS) is 13.8. The van der Waals surface area contributed by atoms with Gasteiger partial charge in [0.2, 0.25) is 0 Å². The number of rotatable bonds is 5. The van der Waals surface area contributed by atoms with Crippen LogP contribution in [0, 0.1) is 0 Å². The van der Waals surface area contributed by atoms with Gasteiger partial charge in [0.25, 0.3) is 0 Å². The summed E-state index contributed by atoms with van der Waals surface area (Å²) in [5.41, 5.74) is 3.30. The summed E-state index contributed by atoms with van der Waals surface area (Å²) in [5, 5.41) is 3.26. The summed E-state index contributed by atoms with van der Waals surface area (Å²) < 4.78 is 5.25. The zero-order valence-electron chi connectivity index (χ0n) is 9.58. The third kappa shape index (κ3) is 2.49. The van der Waals surface area contributed by atoms with Gasteiger partial charge in [-0.25, -0.2) is 0 Å². The molecule has 1 aromatic carbocycles. The lowest BCUT2D eigenvalue weighted by atomic mass is 10.0. The summed E-state index contributed by atoms with van der Waals surface area (Å²) in [4.78, 5) is 11.8. The molecular weight excluding hydrogens is 202 g/mol. The van der Waals surface area contributed by atoms with E-state index in [9.17, 15) is 4.79 Å².